The SMILES string of the molecule is CC(NC(=O)c1nc(CN2CCC(F)(F)CC2)n2ccccc12)c1ccccc1Cl. The minimum absolute atomic E-state index is 0.154. The van der Waals surface area contributed by atoms with E-state index in [4.69, 9.17) is 11.6 Å². The fourth-order valence-electron chi connectivity index (χ4n) is 3.79. The van der Waals surface area contributed by atoms with Gasteiger partial charge in [0.25, 0.3) is 11.8 Å². The Kier molecular flexibility index (Phi) is 5.75. The summed E-state index contributed by atoms with van der Waals surface area (Å²) in [6.07, 6.45) is 1.53. The average Bonchev–Trinajstić information content (AvgIpc) is 3.08. The van der Waals surface area contributed by atoms with Crippen molar-refractivity contribution in [2.24, 2.45) is 0 Å². The Hall–Kier alpha value is -2.51. The summed E-state index contributed by atoms with van der Waals surface area (Å²) in [5.41, 5.74) is 1.82. The summed E-state index contributed by atoms with van der Waals surface area (Å²) in [6.45, 7) is 2.89. The van der Waals surface area contributed by atoms with Crippen LogP contribution < -0.4 is 5.32 Å². The highest BCUT2D eigenvalue weighted by molar-refractivity contribution is 6.31. The van der Waals surface area contributed by atoms with Crippen molar-refractivity contribution >= 4 is 23.0 Å². The van der Waals surface area contributed by atoms with Crippen LogP contribution in [-0.4, -0.2) is 39.2 Å². The third kappa shape index (κ3) is 4.32. The van der Waals surface area contributed by atoms with Crippen LogP contribution in [0.4, 0.5) is 8.78 Å². The molecule has 1 saturated heterocycles. The van der Waals surface area contributed by atoms with Gasteiger partial charge in [0.1, 0.15) is 5.82 Å². The first-order valence-electron chi connectivity index (χ1n) is 9.95. The zero-order valence-electron chi connectivity index (χ0n) is 16.6. The van der Waals surface area contributed by atoms with Gasteiger partial charge in [0.05, 0.1) is 18.1 Å². The smallest absolute Gasteiger partial charge is 0.272 e. The number of rotatable bonds is 5. The number of hydrogen-bond donors (Lipinski definition) is 1. The van der Waals surface area contributed by atoms with Crippen LogP contribution in [0, 0.1) is 0 Å². The molecular weight excluding hydrogens is 410 g/mol. The van der Waals surface area contributed by atoms with E-state index in [1.165, 1.54) is 0 Å². The van der Waals surface area contributed by atoms with Crippen LogP contribution in [0.5, 0.6) is 0 Å². The molecule has 1 aliphatic rings. The van der Waals surface area contributed by atoms with Gasteiger partial charge < -0.3 is 9.72 Å². The van der Waals surface area contributed by atoms with E-state index in [9.17, 15) is 13.6 Å². The highest BCUT2D eigenvalue weighted by Crippen LogP contribution is 2.29. The summed E-state index contributed by atoms with van der Waals surface area (Å²) in [5, 5.41) is 3.55. The molecule has 3 aromatic rings. The normalized spacial score (nSPS) is 17.7. The number of halogens is 3. The quantitative estimate of drug-likeness (QED) is 0.635. The molecule has 8 heteroatoms. The minimum atomic E-state index is -2.59. The first kappa shape index (κ1) is 20.8. The van der Waals surface area contributed by atoms with E-state index in [0.717, 1.165) is 5.56 Å². The van der Waals surface area contributed by atoms with E-state index in [-0.39, 0.29) is 24.8 Å². The number of carbonyl (C=O) groups excluding carboxylic acids is 1. The number of fused-ring (bicyclic) bond motifs is 1. The van der Waals surface area contributed by atoms with E-state index in [2.05, 4.69) is 10.3 Å². The van der Waals surface area contributed by atoms with Crippen molar-refractivity contribution < 1.29 is 13.6 Å². The van der Waals surface area contributed by atoms with Gasteiger partial charge in [0.2, 0.25) is 0 Å². The molecule has 5 nitrogen and oxygen atoms in total. The lowest BCUT2D eigenvalue weighted by molar-refractivity contribution is -0.0570. The van der Waals surface area contributed by atoms with Crippen LogP contribution in [-0.2, 0) is 6.54 Å². The lowest BCUT2D eigenvalue weighted by Crippen LogP contribution is -2.39. The average molecular weight is 433 g/mol. The predicted molar refractivity (Wildman–Crippen MR) is 112 cm³/mol. The highest BCUT2D eigenvalue weighted by Gasteiger charge is 2.34. The van der Waals surface area contributed by atoms with E-state index < -0.39 is 5.92 Å². The van der Waals surface area contributed by atoms with Crippen molar-refractivity contribution in [3.63, 3.8) is 0 Å². The Balaban J connectivity index is 1.56. The molecule has 0 aliphatic carbocycles. The number of carbonyl (C=O) groups is 1. The molecule has 30 heavy (non-hydrogen) atoms. The van der Waals surface area contributed by atoms with Gasteiger partial charge >= 0.3 is 0 Å². The summed E-state index contributed by atoms with van der Waals surface area (Å²) < 4.78 is 28.8. The molecule has 4 rings (SSSR count). The van der Waals surface area contributed by atoms with Gasteiger partial charge in [0, 0.05) is 37.2 Å². The zero-order chi connectivity index (χ0) is 21.3. The second-order valence-corrected chi connectivity index (χ2v) is 8.09. The van der Waals surface area contributed by atoms with Crippen molar-refractivity contribution in [3.05, 3.63) is 70.8 Å². The Bertz CT molecular complexity index is 1060. The largest absolute Gasteiger partial charge is 0.344 e. The van der Waals surface area contributed by atoms with Crippen LogP contribution in [0.25, 0.3) is 5.52 Å². The molecule has 1 atom stereocenters. The Labute approximate surface area is 178 Å². The molecule has 2 aromatic heterocycles. The number of amides is 1. The van der Waals surface area contributed by atoms with Crippen LogP contribution in [0.2, 0.25) is 5.02 Å². The maximum Gasteiger partial charge on any atom is 0.272 e. The van der Waals surface area contributed by atoms with Crippen LogP contribution in [0.1, 0.15) is 47.7 Å². The molecular formula is C22H23ClF2N4O. The Morgan fingerprint density at radius 3 is 2.63 bits per heavy atom. The standard InChI is InChI=1S/C22H23ClF2N4O/c1-15(16-6-2-3-7-17(16)23)26-21(30)20-18-8-4-5-11-29(18)19(27-20)14-28-12-9-22(24,25)10-13-28/h2-8,11,15H,9-10,12-14H2,1H3,(H,26,30). The lowest BCUT2D eigenvalue weighted by Gasteiger charge is -2.31. The van der Waals surface area contributed by atoms with Gasteiger partial charge in [-0.1, -0.05) is 35.9 Å². The summed E-state index contributed by atoms with van der Waals surface area (Å²) in [6, 6.07) is 12.6. The number of likely N-dealkylation sites (tertiary alicyclic amines) is 1. The van der Waals surface area contributed by atoms with Gasteiger partial charge in [-0.05, 0) is 30.7 Å². The van der Waals surface area contributed by atoms with Crippen LogP contribution in [0.3, 0.4) is 0 Å². The lowest BCUT2D eigenvalue weighted by atomic mass is 10.1. The second-order valence-electron chi connectivity index (χ2n) is 7.68. The summed E-state index contributed by atoms with van der Waals surface area (Å²) in [5.74, 6) is -2.24. The molecule has 0 radical (unpaired) electrons. The molecule has 0 spiro atoms. The maximum absolute atomic E-state index is 13.5. The second kappa shape index (κ2) is 8.32. The van der Waals surface area contributed by atoms with Crippen LogP contribution >= 0.6 is 11.6 Å². The van der Waals surface area contributed by atoms with Gasteiger partial charge in [-0.3, -0.25) is 9.69 Å². The number of imidazole rings is 1. The van der Waals surface area contributed by atoms with Gasteiger partial charge in [-0.2, -0.15) is 0 Å². The number of piperidine rings is 1. The van der Waals surface area contributed by atoms with E-state index in [1.807, 2.05) is 58.8 Å². The van der Waals surface area contributed by atoms with E-state index in [0.29, 0.717) is 41.7 Å². The third-order valence-electron chi connectivity index (χ3n) is 5.51. The number of hydrogen-bond acceptors (Lipinski definition) is 3. The fraction of sp³-hybridized carbons (Fsp3) is 0.364. The number of nitrogens with one attached hydrogen (secondary N) is 1. The zero-order valence-corrected chi connectivity index (χ0v) is 17.4. The van der Waals surface area contributed by atoms with Crippen LogP contribution in [0.15, 0.2) is 48.7 Å². The summed E-state index contributed by atoms with van der Waals surface area (Å²) in [7, 11) is 0. The van der Waals surface area contributed by atoms with Gasteiger partial charge in [0.15, 0.2) is 5.69 Å². The first-order chi connectivity index (χ1) is 14.3. The maximum atomic E-state index is 13.5. The van der Waals surface area contributed by atoms with Crippen molar-refractivity contribution in [3.8, 4) is 0 Å². The minimum Gasteiger partial charge on any atom is -0.344 e. The van der Waals surface area contributed by atoms with Gasteiger partial charge in [-0.25, -0.2) is 13.8 Å². The van der Waals surface area contributed by atoms with E-state index >= 15 is 0 Å². The summed E-state index contributed by atoms with van der Waals surface area (Å²) >= 11 is 6.25. The number of nitrogens with zero attached hydrogens (tertiary/aromatic N) is 3. The van der Waals surface area contributed by atoms with Crippen molar-refractivity contribution in [1.82, 2.24) is 19.6 Å². The van der Waals surface area contributed by atoms with Crippen molar-refractivity contribution in [1.29, 1.82) is 0 Å². The number of aromatic nitrogens is 2. The van der Waals surface area contributed by atoms with Crippen molar-refractivity contribution in [2.45, 2.75) is 38.3 Å². The molecule has 1 fully saturated rings. The highest BCUT2D eigenvalue weighted by atomic mass is 35.5. The number of pyridine rings is 1. The molecule has 1 amide bonds. The molecule has 0 saturated carbocycles. The fourth-order valence-corrected chi connectivity index (χ4v) is 4.09. The number of benzene rings is 1. The predicted octanol–water partition coefficient (Wildman–Crippen LogP) is 4.71. The van der Waals surface area contributed by atoms with Crippen molar-refractivity contribution in [2.75, 3.05) is 13.1 Å². The monoisotopic (exact) mass is 432 g/mol. The molecule has 1 aliphatic heterocycles. The molecule has 0 bridgehead atoms. The topological polar surface area (TPSA) is 49.6 Å². The van der Waals surface area contributed by atoms with E-state index in [1.54, 1.807) is 6.07 Å². The molecule has 158 valence electrons. The Morgan fingerprint density at radius 2 is 1.90 bits per heavy atom. The third-order valence-corrected chi connectivity index (χ3v) is 5.85. The molecule has 1 unspecified atom stereocenters. The number of alkyl halides is 2. The Morgan fingerprint density at radius 1 is 1.20 bits per heavy atom. The molecule has 1 N–H and O–H groups in total. The van der Waals surface area contributed by atoms with Gasteiger partial charge in [-0.15, -0.1) is 0 Å². The first-order valence-corrected chi connectivity index (χ1v) is 10.3. The molecule has 1 aromatic carbocycles. The molecule has 3 heterocycles. The summed E-state index contributed by atoms with van der Waals surface area (Å²) in [4.78, 5) is 19.5.